The molecule has 0 N–H and O–H groups in total. The molecule has 0 bridgehead atoms. The molecule has 0 aliphatic heterocycles. The number of rotatable bonds is 2. The third-order valence-corrected chi connectivity index (χ3v) is 3.60. The van der Waals surface area contributed by atoms with Gasteiger partial charge in [0, 0.05) is 0 Å². The molecule has 18 heavy (non-hydrogen) atoms. The van der Waals surface area contributed by atoms with Crippen LogP contribution < -0.4 is 0 Å². The summed E-state index contributed by atoms with van der Waals surface area (Å²) in [5.41, 5.74) is 0. The highest BCUT2D eigenvalue weighted by Gasteiger charge is 2.32. The van der Waals surface area contributed by atoms with Crippen LogP contribution in [-0.2, 0) is 9.84 Å². The second-order valence-electron chi connectivity index (χ2n) is 2.80. The summed E-state index contributed by atoms with van der Waals surface area (Å²) in [5.74, 6) is -12.4. The quantitative estimate of drug-likeness (QED) is 0.363. The highest BCUT2D eigenvalue weighted by Crippen LogP contribution is 2.27. The fraction of sp³-hybridized carbons (Fsp3) is 0.400. The van der Waals surface area contributed by atoms with E-state index in [-0.39, 0.29) is 0 Å². The van der Waals surface area contributed by atoms with Crippen molar-refractivity contribution in [3.63, 3.8) is 0 Å². The molecular weight excluding hydrogens is 279 g/mol. The molecular formula is C10H11F5O2S. The third kappa shape index (κ3) is 2.80. The Balaban J connectivity index is 0.00000137. The van der Waals surface area contributed by atoms with Gasteiger partial charge in [-0.2, -0.15) is 0 Å². The van der Waals surface area contributed by atoms with Crippen LogP contribution in [0.1, 0.15) is 20.8 Å². The van der Waals surface area contributed by atoms with Gasteiger partial charge in [0.15, 0.2) is 33.1 Å². The SMILES string of the molecule is CC.CCS(=O)(=O)c1c(F)c(F)c(F)c(F)c1F. The Morgan fingerprint density at radius 3 is 1.33 bits per heavy atom. The summed E-state index contributed by atoms with van der Waals surface area (Å²) in [6.45, 7) is 5.02. The van der Waals surface area contributed by atoms with Gasteiger partial charge in [0.25, 0.3) is 0 Å². The van der Waals surface area contributed by atoms with Gasteiger partial charge in [-0.25, -0.2) is 30.4 Å². The molecule has 1 aromatic rings. The number of benzene rings is 1. The molecule has 104 valence electrons. The zero-order valence-electron chi connectivity index (χ0n) is 9.82. The predicted molar refractivity (Wildman–Crippen MR) is 55.3 cm³/mol. The number of halogens is 5. The van der Waals surface area contributed by atoms with Crippen LogP contribution in [0, 0.1) is 29.1 Å². The van der Waals surface area contributed by atoms with Crippen molar-refractivity contribution in [2.45, 2.75) is 25.7 Å². The fourth-order valence-corrected chi connectivity index (χ4v) is 2.02. The molecule has 0 saturated carbocycles. The van der Waals surface area contributed by atoms with E-state index >= 15 is 0 Å². The Labute approximate surface area is 101 Å². The van der Waals surface area contributed by atoms with Gasteiger partial charge in [0.05, 0.1) is 5.75 Å². The summed E-state index contributed by atoms with van der Waals surface area (Å²) in [4.78, 5) is -1.79. The highest BCUT2D eigenvalue weighted by molar-refractivity contribution is 7.91. The standard InChI is InChI=1S/C8H5F5O2S.C2H6/c1-2-16(14,15)8-6(12)4(10)3(9)5(11)7(8)13;1-2/h2H2,1H3;1-2H3. The maximum atomic E-state index is 13.0. The van der Waals surface area contributed by atoms with Crippen LogP contribution in [0.15, 0.2) is 4.90 Å². The van der Waals surface area contributed by atoms with Crippen LogP contribution >= 0.6 is 0 Å². The van der Waals surface area contributed by atoms with E-state index in [1.165, 1.54) is 0 Å². The van der Waals surface area contributed by atoms with E-state index in [4.69, 9.17) is 0 Å². The first-order chi connectivity index (χ1) is 8.24. The van der Waals surface area contributed by atoms with Gasteiger partial charge in [0.1, 0.15) is 4.90 Å². The Bertz CT molecular complexity index is 511. The van der Waals surface area contributed by atoms with Crippen LogP contribution in [0.2, 0.25) is 0 Å². The molecule has 0 fully saturated rings. The van der Waals surface area contributed by atoms with Crippen LogP contribution in [0.4, 0.5) is 22.0 Å². The van der Waals surface area contributed by atoms with Gasteiger partial charge in [-0.05, 0) is 0 Å². The topological polar surface area (TPSA) is 34.1 Å². The van der Waals surface area contributed by atoms with Gasteiger partial charge in [-0.15, -0.1) is 0 Å². The van der Waals surface area contributed by atoms with E-state index in [0.29, 0.717) is 0 Å². The Hall–Kier alpha value is -1.18. The van der Waals surface area contributed by atoms with Crippen LogP contribution in [0.5, 0.6) is 0 Å². The molecule has 0 saturated heterocycles. The number of hydrogen-bond acceptors (Lipinski definition) is 2. The normalized spacial score (nSPS) is 10.9. The van der Waals surface area contributed by atoms with Crippen molar-refractivity contribution in [3.8, 4) is 0 Å². The second-order valence-corrected chi connectivity index (χ2v) is 5.02. The van der Waals surface area contributed by atoms with Crippen molar-refractivity contribution in [3.05, 3.63) is 29.1 Å². The van der Waals surface area contributed by atoms with Gasteiger partial charge in [0.2, 0.25) is 5.82 Å². The largest absolute Gasteiger partial charge is 0.223 e. The van der Waals surface area contributed by atoms with Crippen molar-refractivity contribution >= 4 is 9.84 Å². The Kier molecular flexibility index (Phi) is 5.72. The minimum atomic E-state index is -4.52. The monoisotopic (exact) mass is 290 g/mol. The van der Waals surface area contributed by atoms with Crippen molar-refractivity contribution in [2.24, 2.45) is 0 Å². The van der Waals surface area contributed by atoms with Crippen molar-refractivity contribution in [1.82, 2.24) is 0 Å². The third-order valence-electron chi connectivity index (χ3n) is 1.86. The Morgan fingerprint density at radius 2 is 1.06 bits per heavy atom. The fourth-order valence-electron chi connectivity index (χ4n) is 1.00. The van der Waals surface area contributed by atoms with E-state index in [2.05, 4.69) is 0 Å². The first kappa shape index (κ1) is 16.8. The summed E-state index contributed by atoms with van der Waals surface area (Å²) in [7, 11) is -4.52. The molecule has 0 unspecified atom stereocenters. The molecule has 1 rings (SSSR count). The lowest BCUT2D eigenvalue weighted by Gasteiger charge is -2.07. The average molecular weight is 290 g/mol. The van der Waals surface area contributed by atoms with E-state index in [1.54, 1.807) is 0 Å². The molecule has 0 aliphatic rings. The van der Waals surface area contributed by atoms with Gasteiger partial charge < -0.3 is 0 Å². The summed E-state index contributed by atoms with van der Waals surface area (Å²) in [5, 5.41) is 0. The Morgan fingerprint density at radius 1 is 0.778 bits per heavy atom. The number of sulfone groups is 1. The van der Waals surface area contributed by atoms with Gasteiger partial charge in [-0.1, -0.05) is 20.8 Å². The molecule has 8 heteroatoms. The predicted octanol–water partition coefficient (Wildman–Crippen LogP) is 3.20. The average Bonchev–Trinajstić information content (AvgIpc) is 2.36. The van der Waals surface area contributed by atoms with Crippen LogP contribution in [0.25, 0.3) is 0 Å². The lowest BCUT2D eigenvalue weighted by atomic mass is 10.3. The lowest BCUT2D eigenvalue weighted by molar-refractivity contribution is 0.358. The maximum Gasteiger partial charge on any atom is 0.200 e. The molecule has 0 aliphatic carbocycles. The lowest BCUT2D eigenvalue weighted by Crippen LogP contribution is -2.14. The molecule has 0 amide bonds. The molecule has 2 nitrogen and oxygen atoms in total. The molecule has 0 aromatic heterocycles. The second kappa shape index (κ2) is 6.12. The summed E-state index contributed by atoms with van der Waals surface area (Å²) in [6.07, 6.45) is 0. The first-order valence-corrected chi connectivity index (χ1v) is 6.63. The van der Waals surface area contributed by atoms with Gasteiger partial charge >= 0.3 is 0 Å². The molecule has 0 heterocycles. The summed E-state index contributed by atoms with van der Waals surface area (Å²) < 4.78 is 86.1. The van der Waals surface area contributed by atoms with E-state index in [0.717, 1.165) is 6.92 Å². The molecule has 1 aromatic carbocycles. The zero-order valence-corrected chi connectivity index (χ0v) is 10.6. The minimum Gasteiger partial charge on any atom is -0.223 e. The highest BCUT2D eigenvalue weighted by atomic mass is 32.2. The van der Waals surface area contributed by atoms with E-state index < -0.39 is 49.6 Å². The molecule has 0 spiro atoms. The first-order valence-electron chi connectivity index (χ1n) is 4.98. The zero-order chi connectivity index (χ0) is 14.7. The minimum absolute atomic E-state index is 0.772. The summed E-state index contributed by atoms with van der Waals surface area (Å²) >= 11 is 0. The molecule has 0 atom stereocenters. The van der Waals surface area contributed by atoms with E-state index in [1.807, 2.05) is 13.8 Å². The summed E-state index contributed by atoms with van der Waals surface area (Å²) in [6, 6.07) is 0. The van der Waals surface area contributed by atoms with E-state index in [9.17, 15) is 30.4 Å². The van der Waals surface area contributed by atoms with Crippen molar-refractivity contribution in [2.75, 3.05) is 5.75 Å². The van der Waals surface area contributed by atoms with Crippen LogP contribution in [-0.4, -0.2) is 14.2 Å². The molecule has 0 radical (unpaired) electrons. The van der Waals surface area contributed by atoms with Gasteiger partial charge in [-0.3, -0.25) is 0 Å². The maximum absolute atomic E-state index is 13.0. The van der Waals surface area contributed by atoms with Crippen molar-refractivity contribution in [1.29, 1.82) is 0 Å². The number of hydrogen-bond donors (Lipinski definition) is 0. The smallest absolute Gasteiger partial charge is 0.200 e. The van der Waals surface area contributed by atoms with Crippen molar-refractivity contribution < 1.29 is 30.4 Å². The van der Waals surface area contributed by atoms with Crippen LogP contribution in [0.3, 0.4) is 0 Å².